The van der Waals surface area contributed by atoms with Gasteiger partial charge >= 0.3 is 6.03 Å². The SMILES string of the molecule is CO[C@@H]1[C@H](NC(=O)NCCc2ccc(NC(=O)[C@@H](C)NC(=O)CCC(=O)C(C)(C)C)cc2)CC[C@]2(CO2)[C@H]1[C@]1(C)O[C@@H]1CC=C(C)C. The molecule has 0 aromatic heterocycles. The van der Waals surface area contributed by atoms with Crippen molar-refractivity contribution in [3.63, 3.8) is 0 Å². The van der Waals surface area contributed by atoms with Crippen molar-refractivity contribution in [3.8, 4) is 0 Å². The lowest BCUT2D eigenvalue weighted by Gasteiger charge is -2.43. The first-order valence-electron chi connectivity index (χ1n) is 16.8. The molecule has 260 valence electrons. The Morgan fingerprint density at radius 3 is 2.38 bits per heavy atom. The van der Waals surface area contributed by atoms with Crippen molar-refractivity contribution in [2.75, 3.05) is 25.6 Å². The summed E-state index contributed by atoms with van der Waals surface area (Å²) in [7, 11) is 1.70. The molecule has 4 rings (SSSR count). The predicted octanol–water partition coefficient (Wildman–Crippen LogP) is 4.44. The molecule has 47 heavy (non-hydrogen) atoms. The van der Waals surface area contributed by atoms with Crippen molar-refractivity contribution >= 4 is 29.3 Å². The van der Waals surface area contributed by atoms with E-state index >= 15 is 0 Å². The van der Waals surface area contributed by atoms with Gasteiger partial charge in [-0.05, 0) is 71.1 Å². The summed E-state index contributed by atoms with van der Waals surface area (Å²) >= 11 is 0. The summed E-state index contributed by atoms with van der Waals surface area (Å²) in [6.45, 7) is 14.5. The molecule has 2 heterocycles. The van der Waals surface area contributed by atoms with Crippen LogP contribution in [0.5, 0.6) is 0 Å². The lowest BCUT2D eigenvalue weighted by atomic mass is 9.67. The fourth-order valence-corrected chi connectivity index (χ4v) is 6.67. The number of ketones is 1. The molecule has 2 saturated heterocycles. The number of anilines is 1. The largest absolute Gasteiger partial charge is 0.379 e. The first kappa shape index (κ1) is 36.6. The van der Waals surface area contributed by atoms with Crippen molar-refractivity contribution in [1.82, 2.24) is 16.0 Å². The number of methoxy groups -OCH3 is 1. The average Bonchev–Trinajstić information content (AvgIpc) is 3.92. The minimum Gasteiger partial charge on any atom is -0.379 e. The molecule has 2 aliphatic heterocycles. The van der Waals surface area contributed by atoms with Gasteiger partial charge in [-0.2, -0.15) is 0 Å². The predicted molar refractivity (Wildman–Crippen MR) is 180 cm³/mol. The third-order valence-corrected chi connectivity index (χ3v) is 9.72. The number of hydrogen-bond acceptors (Lipinski definition) is 7. The van der Waals surface area contributed by atoms with E-state index in [1.165, 1.54) is 5.57 Å². The molecule has 1 aromatic carbocycles. The van der Waals surface area contributed by atoms with Gasteiger partial charge in [0.15, 0.2) is 0 Å². The number of carbonyl (C=O) groups excluding carboxylic acids is 4. The Morgan fingerprint density at radius 2 is 1.79 bits per heavy atom. The molecule has 1 saturated carbocycles. The molecule has 1 aliphatic carbocycles. The maximum absolute atomic E-state index is 12.9. The third kappa shape index (κ3) is 9.42. The lowest BCUT2D eigenvalue weighted by Crippen LogP contribution is -2.60. The minimum atomic E-state index is -0.752. The van der Waals surface area contributed by atoms with Gasteiger partial charge in [-0.1, -0.05) is 44.6 Å². The smallest absolute Gasteiger partial charge is 0.315 e. The second-order valence-electron chi connectivity index (χ2n) is 14.8. The Morgan fingerprint density at radius 1 is 1.11 bits per heavy atom. The van der Waals surface area contributed by atoms with Gasteiger partial charge < -0.3 is 35.5 Å². The summed E-state index contributed by atoms with van der Waals surface area (Å²) in [6.07, 6.45) is 5.35. The fourth-order valence-electron chi connectivity index (χ4n) is 6.67. The van der Waals surface area contributed by atoms with E-state index in [-0.39, 0.29) is 71.8 Å². The van der Waals surface area contributed by atoms with Crippen LogP contribution >= 0.6 is 0 Å². The maximum Gasteiger partial charge on any atom is 0.315 e. The number of carbonyl (C=O) groups is 4. The Labute approximate surface area is 279 Å². The van der Waals surface area contributed by atoms with E-state index in [1.54, 1.807) is 26.2 Å². The highest BCUT2D eigenvalue weighted by Gasteiger charge is 2.71. The summed E-state index contributed by atoms with van der Waals surface area (Å²) in [6, 6.07) is 6.20. The van der Waals surface area contributed by atoms with Gasteiger partial charge in [-0.15, -0.1) is 0 Å². The van der Waals surface area contributed by atoms with E-state index < -0.39 is 11.5 Å². The first-order chi connectivity index (χ1) is 22.1. The molecule has 4 amide bonds. The number of Topliss-reactive ketones (excluding diaryl/α,β-unsaturated/α-hetero) is 1. The van der Waals surface area contributed by atoms with Crippen LogP contribution in [0.15, 0.2) is 35.9 Å². The Hall–Kier alpha value is -3.28. The summed E-state index contributed by atoms with van der Waals surface area (Å²) < 4.78 is 18.3. The normalized spacial score (nSPS) is 28.5. The van der Waals surface area contributed by atoms with E-state index in [1.807, 2.05) is 32.9 Å². The number of benzene rings is 1. The monoisotopic (exact) mass is 654 g/mol. The minimum absolute atomic E-state index is 0.00236. The second kappa shape index (κ2) is 14.9. The first-order valence-corrected chi connectivity index (χ1v) is 16.8. The van der Waals surface area contributed by atoms with Crippen molar-refractivity contribution in [1.29, 1.82) is 0 Å². The number of allylic oxidation sites excluding steroid dienone is 1. The number of epoxide rings is 2. The summed E-state index contributed by atoms with van der Waals surface area (Å²) in [5.74, 6) is -0.663. The zero-order valence-electron chi connectivity index (χ0n) is 29.3. The van der Waals surface area contributed by atoms with E-state index in [0.29, 0.717) is 25.3 Å². The van der Waals surface area contributed by atoms with Gasteiger partial charge in [0.25, 0.3) is 0 Å². The molecular weight excluding hydrogens is 600 g/mol. The molecule has 7 atom stereocenters. The quantitative estimate of drug-likeness (QED) is 0.171. The van der Waals surface area contributed by atoms with Crippen LogP contribution in [0, 0.1) is 11.3 Å². The van der Waals surface area contributed by atoms with Gasteiger partial charge in [0.1, 0.15) is 17.4 Å². The summed E-state index contributed by atoms with van der Waals surface area (Å²) in [5, 5.41) is 11.6. The molecule has 4 N–H and O–H groups in total. The topological polar surface area (TPSA) is 151 Å². The van der Waals surface area contributed by atoms with E-state index in [9.17, 15) is 19.2 Å². The Bertz CT molecular complexity index is 1330. The van der Waals surface area contributed by atoms with Gasteiger partial charge in [-0.3, -0.25) is 14.4 Å². The Balaban J connectivity index is 1.20. The number of nitrogens with one attached hydrogen (secondary N) is 4. The highest BCUT2D eigenvalue weighted by atomic mass is 16.6. The van der Waals surface area contributed by atoms with Crippen molar-refractivity contribution in [2.45, 2.75) is 122 Å². The van der Waals surface area contributed by atoms with Crippen LogP contribution in [0.1, 0.15) is 86.1 Å². The summed E-state index contributed by atoms with van der Waals surface area (Å²) in [5.41, 5.74) is 1.76. The van der Waals surface area contributed by atoms with Crippen molar-refractivity contribution in [3.05, 3.63) is 41.5 Å². The van der Waals surface area contributed by atoms with E-state index in [4.69, 9.17) is 14.2 Å². The number of rotatable bonds is 14. The second-order valence-corrected chi connectivity index (χ2v) is 14.8. The summed E-state index contributed by atoms with van der Waals surface area (Å²) in [4.78, 5) is 49.8. The zero-order valence-corrected chi connectivity index (χ0v) is 29.3. The van der Waals surface area contributed by atoms with Crippen LogP contribution in [0.3, 0.4) is 0 Å². The number of urea groups is 1. The van der Waals surface area contributed by atoms with Crippen LogP contribution < -0.4 is 21.3 Å². The van der Waals surface area contributed by atoms with Gasteiger partial charge in [0.05, 0.1) is 30.5 Å². The molecule has 3 aliphatic rings. The molecule has 11 nitrogen and oxygen atoms in total. The van der Waals surface area contributed by atoms with Crippen molar-refractivity contribution < 1.29 is 33.4 Å². The molecular formula is C36H54N4O7. The third-order valence-electron chi connectivity index (χ3n) is 9.72. The van der Waals surface area contributed by atoms with Crippen LogP contribution in [0.25, 0.3) is 0 Å². The highest BCUT2D eigenvalue weighted by Crippen LogP contribution is 2.59. The van der Waals surface area contributed by atoms with Crippen LogP contribution in [-0.2, 0) is 35.0 Å². The van der Waals surface area contributed by atoms with E-state index in [0.717, 1.165) is 24.8 Å². The zero-order chi connectivity index (χ0) is 34.6. The molecule has 0 bridgehead atoms. The lowest BCUT2D eigenvalue weighted by molar-refractivity contribution is -0.130. The van der Waals surface area contributed by atoms with Gasteiger partial charge in [-0.25, -0.2) is 4.79 Å². The van der Waals surface area contributed by atoms with Crippen LogP contribution in [-0.4, -0.2) is 79.4 Å². The average molecular weight is 655 g/mol. The van der Waals surface area contributed by atoms with Crippen LogP contribution in [0.2, 0.25) is 0 Å². The molecule has 3 fully saturated rings. The van der Waals surface area contributed by atoms with Crippen molar-refractivity contribution in [2.24, 2.45) is 11.3 Å². The maximum atomic E-state index is 12.9. The number of ether oxygens (including phenoxy) is 3. The van der Waals surface area contributed by atoms with Gasteiger partial charge in [0, 0.05) is 43.5 Å². The van der Waals surface area contributed by atoms with Crippen LogP contribution in [0.4, 0.5) is 10.5 Å². The van der Waals surface area contributed by atoms with E-state index in [2.05, 4.69) is 48.1 Å². The highest BCUT2D eigenvalue weighted by molar-refractivity contribution is 5.97. The standard InChI is InChI=1S/C36H54N4O7/c1-22(2)9-15-28-35(7,47-28)31-30(45-8)26(17-19-36(31)21-46-36)40-33(44)37-20-18-24-10-12-25(13-11-24)39-32(43)23(3)38-29(42)16-14-27(41)34(4,5)6/h9-13,23,26,28,30-31H,14-21H2,1-8H3,(H,38,42)(H,39,43)(H2,37,40,44)/t23-,26-,28-,30-,31-,35-,36+/m1/s1. The molecule has 11 heteroatoms. The van der Waals surface area contributed by atoms with Gasteiger partial charge in [0.2, 0.25) is 11.8 Å². The molecule has 1 spiro atoms. The Kier molecular flexibility index (Phi) is 11.6. The molecule has 0 unspecified atom stereocenters. The molecule has 0 radical (unpaired) electrons. The molecule has 1 aromatic rings. The number of amides is 4. The number of hydrogen-bond donors (Lipinski definition) is 4. The fraction of sp³-hybridized carbons (Fsp3) is 0.667.